The SMILES string of the molecule is CCCCCCCCCCCCC/C=C/[C@@H](O)[C@H](CO[C@@H]1OC(CO)[C@@H](O[C@@H]2OC(CO)[C@H](O[C@@H]3OC(CO)[C@H](O)[C@H](O[C@@H]4OC(CO[C@@H]5OC(CO)[C@@H](O[C@@H]6OC(CO)[C@H](O)[C@H](O)C6O)[C@H](O[C@H]6C(O)[C@H](O)C(C)O[C@H]6O)C5NC(C)=O)[C@H](O)[C@H](O)C4NC(C)=O)C3O)[C@H](O)C2O)[C@H](O)C1O)NC(=O)CCCCCCCCCCCCCCCCCCCCC. The fraction of sp³-hybridized carbons (Fsp3) is 0.942. The number of hydrogen-bond donors (Lipinski definition) is 23. The highest BCUT2D eigenvalue weighted by atomic mass is 16.8. The zero-order valence-electron chi connectivity index (χ0n) is 74.0. The maximum atomic E-state index is 13.6. The number of allylic oxidation sites excluding steroid dienone is 1. The van der Waals surface area contributed by atoms with Gasteiger partial charge in [0.1, 0.15) is 165 Å². The Morgan fingerprint density at radius 3 is 1.21 bits per heavy atom. The highest BCUT2D eigenvalue weighted by Gasteiger charge is 2.59. The minimum absolute atomic E-state index is 0.172. The Morgan fingerprint density at radius 1 is 0.341 bits per heavy atom. The van der Waals surface area contributed by atoms with E-state index in [9.17, 15) is 117 Å². The first-order valence-electron chi connectivity index (χ1n) is 46.3. The molecule has 736 valence electrons. The van der Waals surface area contributed by atoms with Gasteiger partial charge in [-0.3, -0.25) is 14.4 Å². The van der Waals surface area contributed by atoms with Crippen LogP contribution >= 0.6 is 0 Å². The number of rotatable bonds is 58. The lowest BCUT2D eigenvalue weighted by molar-refractivity contribution is -0.387. The number of amides is 3. The molecule has 37 atom stereocenters. The third-order valence-electron chi connectivity index (χ3n) is 24.8. The molecule has 0 aliphatic carbocycles. The third-order valence-corrected chi connectivity index (χ3v) is 24.8. The summed E-state index contributed by atoms with van der Waals surface area (Å²) in [6.45, 7) is 1.30. The zero-order valence-corrected chi connectivity index (χ0v) is 74.0. The lowest BCUT2D eigenvalue weighted by Crippen LogP contribution is -2.70. The number of nitrogens with one attached hydrogen (secondary N) is 3. The van der Waals surface area contributed by atoms with Gasteiger partial charge in [0.25, 0.3) is 0 Å². The van der Waals surface area contributed by atoms with Crippen LogP contribution in [0.4, 0.5) is 0 Å². The molecule has 40 nitrogen and oxygen atoms in total. The summed E-state index contributed by atoms with van der Waals surface area (Å²) in [6, 6.07) is -4.67. The maximum Gasteiger partial charge on any atom is 0.220 e. The first-order chi connectivity index (χ1) is 60.5. The standard InChI is InChI=1S/C86H155N3O37/c1-6-8-10-12-14-16-18-20-21-22-23-24-25-27-29-31-33-35-37-39-58(98)89-50(51(97)38-36-34-32-30-28-26-19-17-15-13-11-9-7-2)45-113-83-71(109)68(106)74(54(42-92)119-83)123-85-72(110)69(107)75(55(43-93)120-85)124-86-73(111)78(64(102)53(41-91)117-86)126-82-59(87-48(4)95)65(103)63(101)57(121-82)46-114-81-60(88-49(5)96)77(122-79-67(105)61(99)47(3)115-80(79)112)76(56(44-94)118-81)125-84-70(108)66(104)62(100)52(40-90)116-84/h36,38,47,50-57,59-86,90-94,97,99-112H,6-35,37,39-46H2,1-5H3,(H,87,95)(H,88,96)(H,89,98)/b38-36+/t47?,50-,51+,52?,53?,54?,55?,56?,57?,59?,60?,61+,62-,63-,64-,65+,66-,67?,68+,69+,70?,71?,72?,73?,74+,75-,76+,77+,78-,79-,80+,81+,82-,83+,84-,85-,86-/m0/s1. The number of aliphatic hydroxyl groups excluding tert-OH is 20. The lowest BCUT2D eigenvalue weighted by Gasteiger charge is -2.51. The molecule has 14 unspecified atom stereocenters. The second-order valence-electron chi connectivity index (χ2n) is 34.9. The van der Waals surface area contributed by atoms with E-state index < -0.39 is 285 Å². The largest absolute Gasteiger partial charge is 0.394 e. The molecule has 126 heavy (non-hydrogen) atoms. The van der Waals surface area contributed by atoms with Crippen molar-refractivity contribution in [2.75, 3.05) is 46.2 Å². The highest BCUT2D eigenvalue weighted by Crippen LogP contribution is 2.39. The van der Waals surface area contributed by atoms with Crippen molar-refractivity contribution in [1.29, 1.82) is 0 Å². The van der Waals surface area contributed by atoms with Gasteiger partial charge in [0.05, 0.1) is 64.5 Å². The van der Waals surface area contributed by atoms with Crippen molar-refractivity contribution in [1.82, 2.24) is 16.0 Å². The van der Waals surface area contributed by atoms with Crippen molar-refractivity contribution in [3.8, 4) is 0 Å². The summed E-state index contributed by atoms with van der Waals surface area (Å²) in [4.78, 5) is 39.5. The summed E-state index contributed by atoms with van der Waals surface area (Å²) in [6.07, 6.45) is -25.1. The second kappa shape index (κ2) is 58.2. The summed E-state index contributed by atoms with van der Waals surface area (Å²) >= 11 is 0. The van der Waals surface area contributed by atoms with Gasteiger partial charge in [0.2, 0.25) is 17.7 Å². The van der Waals surface area contributed by atoms with Gasteiger partial charge in [0.15, 0.2) is 44.0 Å². The van der Waals surface area contributed by atoms with E-state index in [0.717, 1.165) is 65.2 Å². The van der Waals surface area contributed by atoms with E-state index in [4.69, 9.17) is 66.3 Å². The summed E-state index contributed by atoms with van der Waals surface area (Å²) in [5, 5.41) is 232. The average Bonchev–Trinajstić information content (AvgIpc) is 0.775. The number of hydrogen-bond acceptors (Lipinski definition) is 37. The monoisotopic (exact) mass is 1820 g/mol. The quantitative estimate of drug-likeness (QED) is 0.0231. The maximum absolute atomic E-state index is 13.6. The molecule has 0 bridgehead atoms. The molecule has 40 heteroatoms. The topological polar surface area (TPSA) is 621 Å². The Hall–Kier alpha value is -3.21. The molecule has 7 rings (SSSR count). The summed E-state index contributed by atoms with van der Waals surface area (Å²) in [7, 11) is 0. The molecular formula is C86H155N3O37. The smallest absolute Gasteiger partial charge is 0.220 e. The van der Waals surface area contributed by atoms with Crippen LogP contribution in [0.15, 0.2) is 12.2 Å². The molecule has 7 fully saturated rings. The van der Waals surface area contributed by atoms with E-state index in [1.807, 2.05) is 6.08 Å². The van der Waals surface area contributed by atoms with Gasteiger partial charge in [-0.25, -0.2) is 0 Å². The number of carbonyl (C=O) groups is 3. The number of ether oxygens (including phenoxy) is 14. The Balaban J connectivity index is 0.973. The lowest BCUT2D eigenvalue weighted by atomic mass is 9.93. The molecule has 0 aromatic rings. The predicted octanol–water partition coefficient (Wildman–Crippen LogP) is -2.01. The van der Waals surface area contributed by atoms with Crippen LogP contribution in [0.25, 0.3) is 0 Å². The zero-order chi connectivity index (χ0) is 92.1. The van der Waals surface area contributed by atoms with E-state index >= 15 is 0 Å². The van der Waals surface area contributed by atoms with Crippen molar-refractivity contribution in [2.24, 2.45) is 0 Å². The van der Waals surface area contributed by atoms with E-state index in [-0.39, 0.29) is 12.3 Å². The van der Waals surface area contributed by atoms with E-state index in [1.54, 1.807) is 6.08 Å². The normalized spacial score (nSPS) is 38.1. The Labute approximate surface area is 739 Å². The predicted molar refractivity (Wildman–Crippen MR) is 443 cm³/mol. The Bertz CT molecular complexity index is 2980. The van der Waals surface area contributed by atoms with Crippen molar-refractivity contribution >= 4 is 17.7 Å². The van der Waals surface area contributed by atoms with Crippen LogP contribution in [-0.2, 0) is 80.7 Å². The van der Waals surface area contributed by atoms with Crippen LogP contribution in [0.5, 0.6) is 0 Å². The van der Waals surface area contributed by atoms with Crippen LogP contribution in [0.2, 0.25) is 0 Å². The van der Waals surface area contributed by atoms with Crippen LogP contribution in [0.1, 0.15) is 240 Å². The molecule has 0 radical (unpaired) electrons. The van der Waals surface area contributed by atoms with E-state index in [1.165, 1.54) is 142 Å². The van der Waals surface area contributed by atoms with Crippen LogP contribution in [-0.4, -0.2) is 393 Å². The molecule has 7 saturated heterocycles. The Kier molecular flexibility index (Phi) is 50.7. The summed E-state index contributed by atoms with van der Waals surface area (Å²) < 4.78 is 83.3. The molecule has 7 heterocycles. The molecular weight excluding hydrogens is 1670 g/mol. The molecule has 0 aromatic carbocycles. The highest BCUT2D eigenvalue weighted by molar-refractivity contribution is 5.76. The number of carbonyl (C=O) groups excluding carboxylic acids is 3. The number of unbranched alkanes of at least 4 members (excludes halogenated alkanes) is 29. The average molecular weight is 1820 g/mol. The van der Waals surface area contributed by atoms with Crippen molar-refractivity contribution in [3.05, 3.63) is 12.2 Å². The van der Waals surface area contributed by atoms with Crippen LogP contribution in [0.3, 0.4) is 0 Å². The van der Waals surface area contributed by atoms with Crippen molar-refractivity contribution in [2.45, 2.75) is 467 Å². The van der Waals surface area contributed by atoms with Gasteiger partial charge >= 0.3 is 0 Å². The van der Waals surface area contributed by atoms with E-state index in [0.29, 0.717) is 12.8 Å². The molecule has 3 amide bonds. The van der Waals surface area contributed by atoms with Crippen LogP contribution < -0.4 is 16.0 Å². The van der Waals surface area contributed by atoms with Crippen molar-refractivity contribution < 1.29 is 183 Å². The molecule has 0 spiro atoms. The van der Waals surface area contributed by atoms with Gasteiger partial charge in [0, 0.05) is 20.3 Å². The van der Waals surface area contributed by atoms with Gasteiger partial charge in [-0.2, -0.15) is 0 Å². The minimum atomic E-state index is -2.30. The summed E-state index contributed by atoms with van der Waals surface area (Å²) in [5.74, 6) is -2.08. The first-order valence-corrected chi connectivity index (χ1v) is 46.3. The minimum Gasteiger partial charge on any atom is -0.394 e. The summed E-state index contributed by atoms with van der Waals surface area (Å²) in [5.41, 5.74) is 0. The number of aliphatic hydroxyl groups is 20. The fourth-order valence-corrected chi connectivity index (χ4v) is 17.2. The van der Waals surface area contributed by atoms with Gasteiger partial charge in [-0.05, 0) is 26.2 Å². The Morgan fingerprint density at radius 2 is 0.722 bits per heavy atom. The van der Waals surface area contributed by atoms with Crippen molar-refractivity contribution in [3.63, 3.8) is 0 Å². The fourth-order valence-electron chi connectivity index (χ4n) is 17.2. The van der Waals surface area contributed by atoms with Gasteiger partial charge < -0.3 is 184 Å². The third kappa shape index (κ3) is 33.1. The van der Waals surface area contributed by atoms with Gasteiger partial charge in [-0.15, -0.1) is 0 Å². The molecule has 7 aliphatic heterocycles. The molecule has 7 aliphatic rings. The molecule has 23 N–H and O–H groups in total. The van der Waals surface area contributed by atoms with Crippen LogP contribution in [0, 0.1) is 0 Å². The first kappa shape index (κ1) is 110. The van der Waals surface area contributed by atoms with Gasteiger partial charge in [-0.1, -0.05) is 206 Å². The second-order valence-corrected chi connectivity index (χ2v) is 34.9. The molecule has 0 aromatic heterocycles. The molecule has 0 saturated carbocycles. The van der Waals surface area contributed by atoms with E-state index in [2.05, 4.69) is 29.8 Å².